The second-order valence-electron chi connectivity index (χ2n) is 14.0. The summed E-state index contributed by atoms with van der Waals surface area (Å²) in [6, 6.07) is 12.1. The summed E-state index contributed by atoms with van der Waals surface area (Å²) < 4.78 is 108. The third kappa shape index (κ3) is 14.7. The summed E-state index contributed by atoms with van der Waals surface area (Å²) in [7, 11) is 0. The predicted octanol–water partition coefficient (Wildman–Crippen LogP) is 13.3. The molecular weight excluding hydrogens is 652 g/mol. The van der Waals surface area contributed by atoms with Crippen molar-refractivity contribution in [2.45, 2.75) is 148 Å². The first-order valence-corrected chi connectivity index (χ1v) is 18.2. The van der Waals surface area contributed by atoms with Gasteiger partial charge in [0.15, 0.2) is 0 Å². The van der Waals surface area contributed by atoms with E-state index in [0.717, 1.165) is 60.5 Å². The number of hydrogen-bond donors (Lipinski definition) is 0. The highest BCUT2D eigenvalue weighted by atomic mass is 19.3. The normalized spacial score (nSPS) is 21.7. The number of rotatable bonds is 17. The fourth-order valence-electron chi connectivity index (χ4n) is 7.11. The fraction of sp³-hybridized carbons (Fsp3) is 0.692. The molecule has 2 aliphatic carbocycles. The van der Waals surface area contributed by atoms with Crippen molar-refractivity contribution >= 4 is 0 Å². The quantitative estimate of drug-likeness (QED) is 0.153. The first kappa shape index (κ1) is 40.9. The Bertz CT molecular complexity index is 1160. The van der Waals surface area contributed by atoms with Crippen molar-refractivity contribution in [1.29, 1.82) is 0 Å². The Morgan fingerprint density at radius 1 is 0.510 bits per heavy atom. The third-order valence-corrected chi connectivity index (χ3v) is 10.1. The number of aryl methyl sites for hydroxylation is 2. The average molecular weight is 707 g/mol. The van der Waals surface area contributed by atoms with Crippen molar-refractivity contribution < 1.29 is 44.6 Å². The SMILES string of the molecule is CCCCC1CCC(CCc2ccc(OC(F)(F)C(F)F)cc2)CC1.CCC[C@H]1CC[C@H](CCc2ccc(OC(F)(F)C(F)F)cc2)CC1. The van der Waals surface area contributed by atoms with E-state index >= 15 is 0 Å². The largest absolute Gasteiger partial charge is 0.461 e. The van der Waals surface area contributed by atoms with E-state index in [1.54, 1.807) is 24.3 Å². The molecule has 2 aliphatic rings. The maximum Gasteiger partial charge on any atom is 0.461 e. The van der Waals surface area contributed by atoms with Gasteiger partial charge in [0.05, 0.1) is 0 Å². The molecule has 2 nitrogen and oxygen atoms in total. The summed E-state index contributed by atoms with van der Waals surface area (Å²) in [6.45, 7) is 4.47. The zero-order chi connectivity index (χ0) is 35.9. The Morgan fingerprint density at radius 2 is 0.837 bits per heavy atom. The van der Waals surface area contributed by atoms with Crippen LogP contribution in [0.1, 0.15) is 121 Å². The number of benzene rings is 2. The number of hydrogen-bond acceptors (Lipinski definition) is 2. The van der Waals surface area contributed by atoms with E-state index in [0.29, 0.717) is 0 Å². The van der Waals surface area contributed by atoms with Gasteiger partial charge < -0.3 is 9.47 Å². The van der Waals surface area contributed by atoms with E-state index in [1.807, 2.05) is 0 Å². The van der Waals surface area contributed by atoms with Crippen LogP contribution in [0.3, 0.4) is 0 Å². The Kier molecular flexibility index (Phi) is 17.0. The lowest BCUT2D eigenvalue weighted by Gasteiger charge is -2.28. The fourth-order valence-corrected chi connectivity index (χ4v) is 7.11. The highest BCUT2D eigenvalue weighted by Gasteiger charge is 2.44. The number of ether oxygens (including phenoxy) is 2. The monoisotopic (exact) mass is 706 g/mol. The van der Waals surface area contributed by atoms with Gasteiger partial charge in [0.2, 0.25) is 0 Å². The Labute approximate surface area is 287 Å². The molecule has 0 N–H and O–H groups in total. The third-order valence-electron chi connectivity index (χ3n) is 10.1. The molecule has 0 unspecified atom stereocenters. The van der Waals surface area contributed by atoms with E-state index in [9.17, 15) is 35.1 Å². The molecule has 0 aliphatic heterocycles. The van der Waals surface area contributed by atoms with Crippen LogP contribution in [0.4, 0.5) is 35.1 Å². The van der Waals surface area contributed by atoms with Crippen molar-refractivity contribution in [3.8, 4) is 11.5 Å². The Balaban J connectivity index is 0.000000266. The van der Waals surface area contributed by atoms with Gasteiger partial charge >= 0.3 is 25.1 Å². The van der Waals surface area contributed by atoms with E-state index in [2.05, 4.69) is 23.3 Å². The lowest BCUT2D eigenvalue weighted by atomic mass is 9.78. The lowest BCUT2D eigenvalue weighted by molar-refractivity contribution is -0.253. The number of unbranched alkanes of at least 4 members (excludes halogenated alkanes) is 1. The molecule has 49 heavy (non-hydrogen) atoms. The van der Waals surface area contributed by atoms with Gasteiger partial charge in [0, 0.05) is 0 Å². The molecule has 0 atom stereocenters. The summed E-state index contributed by atoms with van der Waals surface area (Å²) in [4.78, 5) is 0. The summed E-state index contributed by atoms with van der Waals surface area (Å²) in [5.41, 5.74) is 2.05. The zero-order valence-corrected chi connectivity index (χ0v) is 28.9. The van der Waals surface area contributed by atoms with Gasteiger partial charge in [0.1, 0.15) is 11.5 Å². The molecule has 278 valence electrons. The van der Waals surface area contributed by atoms with Crippen LogP contribution in [0.25, 0.3) is 0 Å². The van der Waals surface area contributed by atoms with Crippen LogP contribution in [0.2, 0.25) is 0 Å². The smallest absolute Gasteiger partial charge is 0.428 e. The molecule has 0 bridgehead atoms. The van der Waals surface area contributed by atoms with Gasteiger partial charge in [-0.25, -0.2) is 0 Å². The van der Waals surface area contributed by atoms with Crippen molar-refractivity contribution in [3.05, 3.63) is 59.7 Å². The van der Waals surface area contributed by atoms with Gasteiger partial charge in [-0.3, -0.25) is 0 Å². The average Bonchev–Trinajstić information content (AvgIpc) is 3.08. The molecule has 4 rings (SSSR count). The van der Waals surface area contributed by atoms with Crippen LogP contribution >= 0.6 is 0 Å². The van der Waals surface area contributed by atoms with Crippen LogP contribution in [-0.2, 0) is 12.8 Å². The van der Waals surface area contributed by atoms with Crippen LogP contribution in [0.5, 0.6) is 11.5 Å². The molecule has 0 heterocycles. The molecule has 2 aromatic rings. The van der Waals surface area contributed by atoms with Gasteiger partial charge in [0.25, 0.3) is 0 Å². The first-order chi connectivity index (χ1) is 23.3. The molecule has 2 aromatic carbocycles. The van der Waals surface area contributed by atoms with Crippen molar-refractivity contribution in [2.24, 2.45) is 23.7 Å². The zero-order valence-electron chi connectivity index (χ0n) is 28.9. The van der Waals surface area contributed by atoms with Crippen LogP contribution in [0.15, 0.2) is 48.5 Å². The summed E-state index contributed by atoms with van der Waals surface area (Å²) in [5, 5.41) is 0. The number of alkyl halides is 8. The highest BCUT2D eigenvalue weighted by molar-refractivity contribution is 5.28. The van der Waals surface area contributed by atoms with Crippen LogP contribution in [0, 0.1) is 23.7 Å². The molecule has 2 saturated carbocycles. The molecule has 0 aromatic heterocycles. The second kappa shape index (κ2) is 20.4. The summed E-state index contributed by atoms with van der Waals surface area (Å²) in [5.74, 6) is 2.78. The molecule has 10 heteroatoms. The Morgan fingerprint density at radius 3 is 1.14 bits per heavy atom. The summed E-state index contributed by atoms with van der Waals surface area (Å²) in [6.07, 6.45) is 4.28. The molecule has 0 radical (unpaired) electrons. The Hall–Kier alpha value is -2.52. The van der Waals surface area contributed by atoms with Crippen molar-refractivity contribution in [2.75, 3.05) is 0 Å². The molecule has 0 spiro atoms. The topological polar surface area (TPSA) is 18.5 Å². The highest BCUT2D eigenvalue weighted by Crippen LogP contribution is 2.36. The standard InChI is InChI=1S/C20H28F4O.C19H26F4O/c1-2-3-4-15-5-7-16(8-6-15)9-10-17-11-13-18(14-12-17)25-20(23,24)19(21)22;1-2-3-14-4-6-15(7-5-14)8-9-16-10-12-17(13-11-16)24-19(22,23)18(20)21/h11-16,19H,2-10H2,1H3;10-15,18H,2-9H2,1H3/t;14-,15-. The van der Waals surface area contributed by atoms with Crippen LogP contribution in [-0.4, -0.2) is 25.1 Å². The van der Waals surface area contributed by atoms with Gasteiger partial charge in [-0.15, -0.1) is 0 Å². The van der Waals surface area contributed by atoms with E-state index in [-0.39, 0.29) is 11.5 Å². The molecule has 0 amide bonds. The van der Waals surface area contributed by atoms with E-state index in [4.69, 9.17) is 0 Å². The second-order valence-corrected chi connectivity index (χ2v) is 14.0. The molecule has 0 saturated heterocycles. The minimum Gasteiger partial charge on any atom is -0.428 e. The molecule has 2 fully saturated rings. The van der Waals surface area contributed by atoms with Crippen molar-refractivity contribution in [1.82, 2.24) is 0 Å². The first-order valence-electron chi connectivity index (χ1n) is 18.2. The van der Waals surface area contributed by atoms with E-state index in [1.165, 1.54) is 108 Å². The lowest BCUT2D eigenvalue weighted by Crippen LogP contribution is -2.33. The van der Waals surface area contributed by atoms with Crippen LogP contribution < -0.4 is 9.47 Å². The molecular formula is C39H54F8O2. The minimum atomic E-state index is -4.45. The maximum absolute atomic E-state index is 12.9. The van der Waals surface area contributed by atoms with Gasteiger partial charge in [-0.2, -0.15) is 35.1 Å². The predicted molar refractivity (Wildman–Crippen MR) is 178 cm³/mol. The minimum absolute atomic E-state index is 0.231. The van der Waals surface area contributed by atoms with Crippen molar-refractivity contribution in [3.63, 3.8) is 0 Å². The van der Waals surface area contributed by atoms with Gasteiger partial charge in [-0.1, -0.05) is 122 Å². The van der Waals surface area contributed by atoms with Gasteiger partial charge in [-0.05, 0) is 84.7 Å². The van der Waals surface area contributed by atoms with E-state index < -0.39 is 25.1 Å². The maximum atomic E-state index is 12.9. The summed E-state index contributed by atoms with van der Waals surface area (Å²) >= 11 is 0. The number of halogens is 8.